The van der Waals surface area contributed by atoms with Crippen LogP contribution in [-0.4, -0.2) is 38.6 Å². The van der Waals surface area contributed by atoms with Gasteiger partial charge in [-0.3, -0.25) is 9.79 Å². The van der Waals surface area contributed by atoms with Crippen LogP contribution in [0.2, 0.25) is 0 Å². The molecule has 0 saturated heterocycles. The van der Waals surface area contributed by atoms with Gasteiger partial charge >= 0.3 is 0 Å². The predicted molar refractivity (Wildman–Crippen MR) is 104 cm³/mol. The van der Waals surface area contributed by atoms with Crippen LogP contribution < -0.4 is 21.1 Å². The van der Waals surface area contributed by atoms with E-state index in [1.54, 1.807) is 31.3 Å². The van der Waals surface area contributed by atoms with Gasteiger partial charge in [0, 0.05) is 20.1 Å². The highest BCUT2D eigenvalue weighted by Gasteiger charge is 2.02. The number of ether oxygens (including phenoxy) is 1. The Morgan fingerprint density at radius 2 is 1.74 bits per heavy atom. The molecule has 0 aliphatic rings. The lowest BCUT2D eigenvalue weighted by Gasteiger charge is -2.12. The van der Waals surface area contributed by atoms with Crippen molar-refractivity contribution in [2.75, 3.05) is 26.7 Å². The van der Waals surface area contributed by atoms with Gasteiger partial charge < -0.3 is 21.1 Å². The summed E-state index contributed by atoms with van der Waals surface area (Å²) in [7, 11) is 1.70. The molecule has 0 unspecified atom stereocenters. The van der Waals surface area contributed by atoms with E-state index in [1.165, 1.54) is 6.07 Å². The second-order valence-electron chi connectivity index (χ2n) is 5.92. The first-order valence-corrected chi connectivity index (χ1v) is 8.76. The van der Waals surface area contributed by atoms with Crippen molar-refractivity contribution < 1.29 is 13.9 Å². The molecule has 0 aliphatic heterocycles. The zero-order chi connectivity index (χ0) is 19.5. The number of carbonyl (C=O) groups excluding carboxylic acids is 1. The normalized spacial score (nSPS) is 11.1. The maximum atomic E-state index is 13.6. The summed E-state index contributed by atoms with van der Waals surface area (Å²) >= 11 is 0. The summed E-state index contributed by atoms with van der Waals surface area (Å²) in [5.41, 5.74) is 6.85. The minimum Gasteiger partial charge on any atom is -0.484 e. The van der Waals surface area contributed by atoms with Gasteiger partial charge in [0.25, 0.3) is 5.91 Å². The SMILES string of the molecule is CN=C(NCCc1ccc(OCC(N)=O)cc1)NCCc1ccccc1F. The summed E-state index contributed by atoms with van der Waals surface area (Å²) in [6.45, 7) is 1.16. The summed E-state index contributed by atoms with van der Waals surface area (Å²) in [5.74, 6) is 0.589. The Kier molecular flexibility index (Phi) is 8.09. The summed E-state index contributed by atoms with van der Waals surface area (Å²) in [6.07, 6.45) is 1.38. The minimum atomic E-state index is -0.503. The number of hydrogen-bond donors (Lipinski definition) is 3. The molecule has 0 spiro atoms. The monoisotopic (exact) mass is 372 g/mol. The van der Waals surface area contributed by atoms with E-state index >= 15 is 0 Å². The molecule has 0 heterocycles. The minimum absolute atomic E-state index is 0.129. The van der Waals surface area contributed by atoms with Crippen LogP contribution in [0.15, 0.2) is 53.5 Å². The molecule has 2 rings (SSSR count). The number of nitrogens with one attached hydrogen (secondary N) is 2. The maximum Gasteiger partial charge on any atom is 0.255 e. The molecule has 1 amide bonds. The first-order valence-electron chi connectivity index (χ1n) is 8.76. The number of rotatable bonds is 9. The Hall–Kier alpha value is -3.09. The number of halogens is 1. The van der Waals surface area contributed by atoms with E-state index in [4.69, 9.17) is 10.5 Å². The average Bonchev–Trinajstić information content (AvgIpc) is 2.67. The van der Waals surface area contributed by atoms with Crippen LogP contribution in [-0.2, 0) is 17.6 Å². The quantitative estimate of drug-likeness (QED) is 0.461. The van der Waals surface area contributed by atoms with Crippen molar-refractivity contribution in [3.05, 3.63) is 65.5 Å². The Labute approximate surface area is 158 Å². The second kappa shape index (κ2) is 10.8. The van der Waals surface area contributed by atoms with E-state index in [9.17, 15) is 9.18 Å². The lowest BCUT2D eigenvalue weighted by molar-refractivity contribution is -0.119. The Balaban J connectivity index is 1.70. The molecule has 0 radical (unpaired) electrons. The van der Waals surface area contributed by atoms with Crippen LogP contribution in [0.4, 0.5) is 4.39 Å². The zero-order valence-electron chi connectivity index (χ0n) is 15.4. The lowest BCUT2D eigenvalue weighted by atomic mass is 10.1. The van der Waals surface area contributed by atoms with Crippen molar-refractivity contribution in [2.45, 2.75) is 12.8 Å². The number of primary amides is 1. The molecule has 0 bridgehead atoms. The van der Waals surface area contributed by atoms with Crippen molar-refractivity contribution in [2.24, 2.45) is 10.7 Å². The van der Waals surface area contributed by atoms with Crippen molar-refractivity contribution in [3.8, 4) is 5.75 Å². The number of nitrogens with zero attached hydrogens (tertiary/aromatic N) is 1. The van der Waals surface area contributed by atoms with Gasteiger partial charge in [0.15, 0.2) is 12.6 Å². The number of amides is 1. The van der Waals surface area contributed by atoms with Gasteiger partial charge in [0.2, 0.25) is 0 Å². The van der Waals surface area contributed by atoms with Crippen LogP contribution in [0.5, 0.6) is 5.75 Å². The highest BCUT2D eigenvalue weighted by atomic mass is 19.1. The van der Waals surface area contributed by atoms with Crippen molar-refractivity contribution in [1.82, 2.24) is 10.6 Å². The zero-order valence-corrected chi connectivity index (χ0v) is 15.4. The van der Waals surface area contributed by atoms with E-state index in [-0.39, 0.29) is 12.4 Å². The molecule has 7 heteroatoms. The molecule has 144 valence electrons. The van der Waals surface area contributed by atoms with E-state index in [0.717, 1.165) is 12.0 Å². The van der Waals surface area contributed by atoms with E-state index in [1.807, 2.05) is 18.2 Å². The van der Waals surface area contributed by atoms with Crippen LogP contribution >= 0.6 is 0 Å². The smallest absolute Gasteiger partial charge is 0.255 e. The summed E-state index contributed by atoms with van der Waals surface area (Å²) in [4.78, 5) is 14.9. The molecule has 0 saturated carbocycles. The van der Waals surface area contributed by atoms with Gasteiger partial charge in [-0.05, 0) is 42.2 Å². The first kappa shape index (κ1) is 20.2. The summed E-state index contributed by atoms with van der Waals surface area (Å²) < 4.78 is 18.8. The van der Waals surface area contributed by atoms with E-state index in [2.05, 4.69) is 15.6 Å². The molecule has 0 fully saturated rings. The molecule has 0 aliphatic carbocycles. The highest BCUT2D eigenvalue weighted by Crippen LogP contribution is 2.12. The largest absolute Gasteiger partial charge is 0.484 e. The first-order chi connectivity index (χ1) is 13.1. The van der Waals surface area contributed by atoms with Gasteiger partial charge in [-0.15, -0.1) is 0 Å². The molecule has 0 aromatic heterocycles. The predicted octanol–water partition coefficient (Wildman–Crippen LogP) is 1.64. The number of carbonyl (C=O) groups is 1. The summed E-state index contributed by atoms with van der Waals surface area (Å²) in [5, 5.41) is 6.40. The molecule has 6 nitrogen and oxygen atoms in total. The average molecular weight is 372 g/mol. The fraction of sp³-hybridized carbons (Fsp3) is 0.300. The van der Waals surface area contributed by atoms with Crippen LogP contribution in [0.25, 0.3) is 0 Å². The third kappa shape index (κ3) is 7.35. The standard InChI is InChI=1S/C20H25FN4O2/c1-23-20(25-13-11-16-4-2-3-5-18(16)21)24-12-10-15-6-8-17(9-7-15)27-14-19(22)26/h2-9H,10-14H2,1H3,(H2,22,26)(H2,23,24,25). The van der Waals surface area contributed by atoms with Crippen molar-refractivity contribution in [3.63, 3.8) is 0 Å². The lowest BCUT2D eigenvalue weighted by Crippen LogP contribution is -2.39. The van der Waals surface area contributed by atoms with Crippen molar-refractivity contribution >= 4 is 11.9 Å². The van der Waals surface area contributed by atoms with E-state index in [0.29, 0.717) is 36.8 Å². The number of aliphatic imine (C=N–C) groups is 1. The van der Waals surface area contributed by atoms with Crippen LogP contribution in [0.1, 0.15) is 11.1 Å². The van der Waals surface area contributed by atoms with Gasteiger partial charge in [0.1, 0.15) is 11.6 Å². The molecule has 2 aromatic carbocycles. The van der Waals surface area contributed by atoms with Crippen LogP contribution in [0.3, 0.4) is 0 Å². The fourth-order valence-corrected chi connectivity index (χ4v) is 2.47. The maximum absolute atomic E-state index is 13.6. The topological polar surface area (TPSA) is 88.7 Å². The number of guanidine groups is 1. The van der Waals surface area contributed by atoms with Gasteiger partial charge in [-0.25, -0.2) is 4.39 Å². The summed E-state index contributed by atoms with van der Waals surface area (Å²) in [6, 6.07) is 14.2. The molecule has 2 aromatic rings. The van der Waals surface area contributed by atoms with Gasteiger partial charge in [0.05, 0.1) is 0 Å². The molecular weight excluding hydrogens is 347 g/mol. The fourth-order valence-electron chi connectivity index (χ4n) is 2.47. The molecule has 0 atom stereocenters. The molecular formula is C20H25FN4O2. The molecule has 27 heavy (non-hydrogen) atoms. The number of benzene rings is 2. The van der Waals surface area contributed by atoms with Crippen LogP contribution in [0, 0.1) is 5.82 Å². The third-order valence-corrected chi connectivity index (χ3v) is 3.88. The number of hydrogen-bond acceptors (Lipinski definition) is 3. The Morgan fingerprint density at radius 3 is 2.37 bits per heavy atom. The second-order valence-corrected chi connectivity index (χ2v) is 5.92. The molecule has 4 N–H and O–H groups in total. The number of nitrogens with two attached hydrogens (primary N) is 1. The third-order valence-electron chi connectivity index (χ3n) is 3.88. The van der Waals surface area contributed by atoms with Crippen molar-refractivity contribution in [1.29, 1.82) is 0 Å². The van der Waals surface area contributed by atoms with Gasteiger partial charge in [-0.2, -0.15) is 0 Å². The van der Waals surface area contributed by atoms with E-state index < -0.39 is 5.91 Å². The van der Waals surface area contributed by atoms with Gasteiger partial charge in [-0.1, -0.05) is 30.3 Å². The Morgan fingerprint density at radius 1 is 1.07 bits per heavy atom. The Bertz CT molecular complexity index is 763. The highest BCUT2D eigenvalue weighted by molar-refractivity contribution is 5.79.